The van der Waals surface area contributed by atoms with Crippen LogP contribution in [0.15, 0.2) is 48.5 Å². The summed E-state index contributed by atoms with van der Waals surface area (Å²) in [4.78, 5) is 41.4. The van der Waals surface area contributed by atoms with Crippen LogP contribution in [0.25, 0.3) is 0 Å². The number of amides is 3. The highest BCUT2D eigenvalue weighted by Gasteiger charge is 2.29. The first kappa shape index (κ1) is 23.6. The fourth-order valence-electron chi connectivity index (χ4n) is 4.01. The Kier molecular flexibility index (Phi) is 7.64. The first-order valence-corrected chi connectivity index (χ1v) is 11.3. The molecule has 0 spiro atoms. The average molecular weight is 468 g/mol. The van der Waals surface area contributed by atoms with Crippen LogP contribution in [0.1, 0.15) is 18.4 Å². The van der Waals surface area contributed by atoms with E-state index in [4.69, 9.17) is 14.2 Å². The summed E-state index contributed by atoms with van der Waals surface area (Å²) >= 11 is 0. The number of benzene rings is 2. The Hall–Kier alpha value is -3.59. The molecule has 1 N–H and O–H groups in total. The average Bonchev–Trinajstić information content (AvgIpc) is 3.38. The molecule has 3 amide bonds. The largest absolute Gasteiger partial charge is 0.497 e. The van der Waals surface area contributed by atoms with E-state index in [1.807, 2.05) is 18.2 Å². The van der Waals surface area contributed by atoms with Gasteiger partial charge in [0.2, 0.25) is 11.8 Å². The van der Waals surface area contributed by atoms with Crippen molar-refractivity contribution in [2.45, 2.75) is 25.5 Å². The fourth-order valence-corrected chi connectivity index (χ4v) is 4.01. The van der Waals surface area contributed by atoms with E-state index in [-0.39, 0.29) is 50.1 Å². The van der Waals surface area contributed by atoms with Crippen LogP contribution < -0.4 is 19.7 Å². The molecule has 2 aliphatic heterocycles. The van der Waals surface area contributed by atoms with E-state index in [0.29, 0.717) is 30.3 Å². The maximum atomic E-state index is 13.4. The van der Waals surface area contributed by atoms with Gasteiger partial charge in [0.25, 0.3) is 5.91 Å². The maximum Gasteiger partial charge on any atom is 0.265 e. The molecule has 0 radical (unpaired) electrons. The van der Waals surface area contributed by atoms with Crippen molar-refractivity contribution in [3.05, 3.63) is 54.1 Å². The highest BCUT2D eigenvalue weighted by atomic mass is 16.5. The molecule has 2 aromatic rings. The quantitative estimate of drug-likeness (QED) is 0.604. The van der Waals surface area contributed by atoms with E-state index < -0.39 is 0 Å². The number of nitrogens with one attached hydrogen (secondary N) is 1. The summed E-state index contributed by atoms with van der Waals surface area (Å²) in [6, 6.07) is 14.4. The van der Waals surface area contributed by atoms with E-state index in [9.17, 15) is 14.4 Å². The van der Waals surface area contributed by atoms with Gasteiger partial charge in [-0.1, -0.05) is 24.3 Å². The first-order valence-electron chi connectivity index (χ1n) is 11.3. The normalized spacial score (nSPS) is 17.0. The summed E-state index contributed by atoms with van der Waals surface area (Å²) in [7, 11) is 1.58. The Morgan fingerprint density at radius 3 is 2.71 bits per heavy atom. The number of methoxy groups -OCH3 is 1. The molecule has 0 unspecified atom stereocenters. The number of anilines is 1. The molecule has 1 saturated heterocycles. The van der Waals surface area contributed by atoms with E-state index >= 15 is 0 Å². The highest BCUT2D eigenvalue weighted by Crippen LogP contribution is 2.31. The molecule has 0 saturated carbocycles. The Balaban J connectivity index is 1.47. The van der Waals surface area contributed by atoms with E-state index in [0.717, 1.165) is 18.4 Å². The molecule has 2 heterocycles. The van der Waals surface area contributed by atoms with Crippen LogP contribution in [0.5, 0.6) is 11.5 Å². The molecule has 0 aromatic heterocycles. The summed E-state index contributed by atoms with van der Waals surface area (Å²) in [6.07, 6.45) is 1.91. The lowest BCUT2D eigenvalue weighted by molar-refractivity contribution is -0.136. The van der Waals surface area contributed by atoms with Crippen LogP contribution >= 0.6 is 0 Å². The zero-order valence-electron chi connectivity index (χ0n) is 19.2. The van der Waals surface area contributed by atoms with Crippen molar-refractivity contribution in [3.8, 4) is 11.5 Å². The molecule has 2 aliphatic rings. The Morgan fingerprint density at radius 2 is 1.97 bits per heavy atom. The van der Waals surface area contributed by atoms with Crippen LogP contribution in [-0.4, -0.2) is 68.7 Å². The lowest BCUT2D eigenvalue weighted by atomic mass is 10.2. The van der Waals surface area contributed by atoms with Gasteiger partial charge in [-0.15, -0.1) is 0 Å². The number of ether oxygens (including phenoxy) is 3. The molecule has 4 rings (SSSR count). The van der Waals surface area contributed by atoms with Crippen molar-refractivity contribution in [1.82, 2.24) is 10.2 Å². The topological polar surface area (TPSA) is 97.4 Å². The van der Waals surface area contributed by atoms with Gasteiger partial charge in [-0.05, 0) is 42.7 Å². The van der Waals surface area contributed by atoms with E-state index in [1.54, 1.807) is 37.4 Å². The second kappa shape index (κ2) is 11.0. The number of rotatable bonds is 9. The number of hydrogen-bond acceptors (Lipinski definition) is 6. The first-order chi connectivity index (χ1) is 16.5. The monoisotopic (exact) mass is 467 g/mol. The number of carbonyl (C=O) groups is 3. The van der Waals surface area contributed by atoms with Gasteiger partial charge < -0.3 is 24.4 Å². The van der Waals surface area contributed by atoms with Crippen LogP contribution in [0.3, 0.4) is 0 Å². The number of hydrogen-bond donors (Lipinski definition) is 1. The predicted octanol–water partition coefficient (Wildman–Crippen LogP) is 1.74. The second-order valence-electron chi connectivity index (χ2n) is 8.27. The van der Waals surface area contributed by atoms with Gasteiger partial charge in [0.15, 0.2) is 6.61 Å². The third kappa shape index (κ3) is 5.85. The number of carbonyl (C=O) groups excluding carboxylic acids is 3. The third-order valence-electron chi connectivity index (χ3n) is 5.87. The smallest absolute Gasteiger partial charge is 0.265 e. The van der Waals surface area contributed by atoms with E-state index in [2.05, 4.69) is 5.32 Å². The molecule has 0 bridgehead atoms. The molecule has 2 aromatic carbocycles. The minimum Gasteiger partial charge on any atom is -0.497 e. The van der Waals surface area contributed by atoms with Crippen LogP contribution in [0.2, 0.25) is 0 Å². The number of fused-ring (bicyclic) bond motifs is 1. The van der Waals surface area contributed by atoms with Crippen molar-refractivity contribution < 1.29 is 28.6 Å². The van der Waals surface area contributed by atoms with Crippen molar-refractivity contribution in [2.75, 3.05) is 44.9 Å². The summed E-state index contributed by atoms with van der Waals surface area (Å²) in [6.45, 7) is 0.892. The second-order valence-corrected chi connectivity index (χ2v) is 8.27. The predicted molar refractivity (Wildman–Crippen MR) is 125 cm³/mol. The van der Waals surface area contributed by atoms with Gasteiger partial charge in [-0.3, -0.25) is 19.3 Å². The molecule has 9 nitrogen and oxygen atoms in total. The minimum absolute atomic E-state index is 0.0113. The fraction of sp³-hybridized carbons (Fsp3) is 0.400. The lowest BCUT2D eigenvalue weighted by Crippen LogP contribution is -2.49. The van der Waals surface area contributed by atoms with Gasteiger partial charge >= 0.3 is 0 Å². The zero-order chi connectivity index (χ0) is 23.9. The Labute approximate surface area is 198 Å². The van der Waals surface area contributed by atoms with Gasteiger partial charge in [-0.25, -0.2) is 0 Å². The molecule has 180 valence electrons. The molecular formula is C25H29N3O6. The third-order valence-corrected chi connectivity index (χ3v) is 5.87. The number of para-hydroxylation sites is 2. The highest BCUT2D eigenvalue weighted by molar-refractivity contribution is 6.02. The summed E-state index contributed by atoms with van der Waals surface area (Å²) in [5.41, 5.74) is 1.38. The lowest BCUT2D eigenvalue weighted by Gasteiger charge is -2.31. The van der Waals surface area contributed by atoms with Gasteiger partial charge in [-0.2, -0.15) is 0 Å². The van der Waals surface area contributed by atoms with E-state index in [1.165, 1.54) is 9.80 Å². The maximum absolute atomic E-state index is 13.4. The minimum atomic E-state index is -0.340. The van der Waals surface area contributed by atoms with Crippen molar-refractivity contribution in [3.63, 3.8) is 0 Å². The molecule has 1 fully saturated rings. The molecule has 9 heteroatoms. The van der Waals surface area contributed by atoms with Gasteiger partial charge in [0.05, 0.1) is 25.4 Å². The zero-order valence-corrected chi connectivity index (χ0v) is 19.2. The van der Waals surface area contributed by atoms with Crippen molar-refractivity contribution in [1.29, 1.82) is 0 Å². The summed E-state index contributed by atoms with van der Waals surface area (Å²) in [5.74, 6) is 0.329. The molecular weight excluding hydrogens is 438 g/mol. The Morgan fingerprint density at radius 1 is 1.18 bits per heavy atom. The van der Waals surface area contributed by atoms with Crippen LogP contribution in [-0.2, 0) is 25.7 Å². The van der Waals surface area contributed by atoms with Crippen LogP contribution in [0.4, 0.5) is 5.69 Å². The molecule has 34 heavy (non-hydrogen) atoms. The van der Waals surface area contributed by atoms with Gasteiger partial charge in [0, 0.05) is 19.7 Å². The van der Waals surface area contributed by atoms with Gasteiger partial charge in [0.1, 0.15) is 18.0 Å². The number of nitrogens with zero attached hydrogens (tertiary/aromatic N) is 2. The summed E-state index contributed by atoms with van der Waals surface area (Å²) < 4.78 is 16.2. The van der Waals surface area contributed by atoms with Crippen molar-refractivity contribution in [2.24, 2.45) is 0 Å². The molecule has 1 atom stereocenters. The SMILES string of the molecule is COc1ccc(CN(CC(=O)NC[C@@H]2CCCO2)C(=O)CN2C(=O)COc3ccccc32)cc1. The summed E-state index contributed by atoms with van der Waals surface area (Å²) in [5, 5.41) is 2.86. The standard InChI is InChI=1S/C25H29N3O6/c1-32-19-10-8-18(9-11-19)14-27(15-23(29)26-13-20-5-4-12-33-20)24(30)16-28-21-6-2-3-7-22(21)34-17-25(28)31/h2-3,6-11,20H,4-5,12-17H2,1H3,(H,26,29)/t20-/m0/s1. The van der Waals surface area contributed by atoms with Crippen molar-refractivity contribution >= 4 is 23.4 Å². The van der Waals surface area contributed by atoms with Crippen LogP contribution in [0, 0.1) is 0 Å². The Bertz CT molecular complexity index is 1020. The molecule has 0 aliphatic carbocycles.